The van der Waals surface area contributed by atoms with Crippen LogP contribution in [0.1, 0.15) is 27.2 Å². The van der Waals surface area contributed by atoms with Gasteiger partial charge < -0.3 is 9.90 Å². The highest BCUT2D eigenvalue weighted by Gasteiger charge is 2.14. The van der Waals surface area contributed by atoms with E-state index in [1.54, 1.807) is 6.92 Å². The highest BCUT2D eigenvalue weighted by Crippen LogP contribution is 2.10. The molecular weight excluding hydrogens is 172 g/mol. The zero-order valence-electron chi connectivity index (χ0n) is 7.84. The van der Waals surface area contributed by atoms with Gasteiger partial charge in [0.1, 0.15) is 0 Å². The van der Waals surface area contributed by atoms with Crippen LogP contribution in [0.25, 0.3) is 0 Å². The van der Waals surface area contributed by atoms with Crippen molar-refractivity contribution in [2.75, 3.05) is 0 Å². The summed E-state index contributed by atoms with van der Waals surface area (Å²) >= 11 is 0. The molecule has 0 aromatic rings. The van der Waals surface area contributed by atoms with Gasteiger partial charge >= 0.3 is 0 Å². The Bertz CT molecular complexity index is 270. The summed E-state index contributed by atoms with van der Waals surface area (Å²) in [6.07, 6.45) is 0.220. The molecule has 0 saturated heterocycles. The van der Waals surface area contributed by atoms with Gasteiger partial charge in [0, 0.05) is 11.1 Å². The molecule has 0 heterocycles. The lowest BCUT2D eigenvalue weighted by Crippen LogP contribution is -2.30. The molecule has 0 aliphatic carbocycles. The molecule has 13 heavy (non-hydrogen) atoms. The van der Waals surface area contributed by atoms with Crippen LogP contribution in [-0.2, 0) is 14.4 Å². The molecule has 0 unspecified atom stereocenters. The summed E-state index contributed by atoms with van der Waals surface area (Å²) in [6, 6.07) is 0. The molecule has 0 radical (unpaired) electrons. The molecule has 4 heteroatoms. The number of Topliss-reactive ketones (excluding diaryl/α,β-unsaturated/α-hetero) is 2. The first-order chi connectivity index (χ1) is 5.91. The maximum Gasteiger partial charge on any atom is 0.162 e. The van der Waals surface area contributed by atoms with Crippen LogP contribution < -0.4 is 5.11 Å². The van der Waals surface area contributed by atoms with Gasteiger partial charge in [-0.2, -0.15) is 0 Å². The number of aliphatic carboxylic acids is 1. The van der Waals surface area contributed by atoms with Crippen molar-refractivity contribution in [3.05, 3.63) is 11.1 Å². The quantitative estimate of drug-likeness (QED) is 0.338. The van der Waals surface area contributed by atoms with Gasteiger partial charge in [0.15, 0.2) is 11.6 Å². The molecular formula is C9H11O4-. The van der Waals surface area contributed by atoms with Gasteiger partial charge in [-0.05, 0) is 20.3 Å². The van der Waals surface area contributed by atoms with Crippen LogP contribution in [0.2, 0.25) is 0 Å². The van der Waals surface area contributed by atoms with Crippen LogP contribution in [0.15, 0.2) is 11.1 Å². The van der Waals surface area contributed by atoms with Crippen LogP contribution >= 0.6 is 0 Å². The lowest BCUT2D eigenvalue weighted by Gasteiger charge is -2.09. The van der Waals surface area contributed by atoms with Crippen molar-refractivity contribution in [2.45, 2.75) is 27.2 Å². The van der Waals surface area contributed by atoms with Crippen molar-refractivity contribution in [1.29, 1.82) is 0 Å². The number of carboxylic acids is 1. The van der Waals surface area contributed by atoms with E-state index >= 15 is 0 Å². The molecule has 72 valence electrons. The Hall–Kier alpha value is -1.45. The molecule has 0 aromatic carbocycles. The zero-order chi connectivity index (χ0) is 10.6. The molecule has 0 fully saturated rings. The average Bonchev–Trinajstić information content (AvgIpc) is 1.97. The molecule has 0 atom stereocenters. The number of hydrogen-bond donors (Lipinski definition) is 0. The van der Waals surface area contributed by atoms with E-state index in [-0.39, 0.29) is 12.0 Å². The van der Waals surface area contributed by atoms with E-state index in [4.69, 9.17) is 0 Å². The summed E-state index contributed by atoms with van der Waals surface area (Å²) < 4.78 is 0. The SMILES string of the molecule is CC/C(C(C)=O)=C(\C(C)=O)C(=O)[O-]. The van der Waals surface area contributed by atoms with Crippen molar-refractivity contribution in [3.8, 4) is 0 Å². The molecule has 0 saturated carbocycles. The fourth-order valence-electron chi connectivity index (χ4n) is 1.08. The summed E-state index contributed by atoms with van der Waals surface area (Å²) in [5.41, 5.74) is -0.484. The standard InChI is InChI=1S/C9H12O4/c1-4-7(5(2)10)8(6(3)11)9(12)13/h4H2,1-3H3,(H,12,13)/p-1/b8-7-. The van der Waals surface area contributed by atoms with Gasteiger partial charge in [-0.15, -0.1) is 0 Å². The highest BCUT2D eigenvalue weighted by atomic mass is 16.4. The van der Waals surface area contributed by atoms with Crippen molar-refractivity contribution < 1.29 is 19.5 Å². The Morgan fingerprint density at radius 3 is 1.62 bits per heavy atom. The first-order valence-corrected chi connectivity index (χ1v) is 3.88. The Kier molecular flexibility index (Phi) is 4.04. The molecule has 0 bridgehead atoms. The Balaban J connectivity index is 5.40. The molecule has 0 aliphatic heterocycles. The lowest BCUT2D eigenvalue weighted by molar-refractivity contribution is -0.298. The van der Waals surface area contributed by atoms with E-state index < -0.39 is 23.1 Å². The van der Waals surface area contributed by atoms with E-state index in [9.17, 15) is 19.5 Å². The minimum atomic E-state index is -1.58. The third-order valence-electron chi connectivity index (χ3n) is 1.64. The monoisotopic (exact) mass is 183 g/mol. The first-order valence-electron chi connectivity index (χ1n) is 3.88. The Morgan fingerprint density at radius 2 is 1.54 bits per heavy atom. The first kappa shape index (κ1) is 11.6. The minimum absolute atomic E-state index is 0.0208. The summed E-state index contributed by atoms with van der Waals surface area (Å²) in [7, 11) is 0. The smallest absolute Gasteiger partial charge is 0.162 e. The van der Waals surface area contributed by atoms with E-state index in [2.05, 4.69) is 0 Å². The van der Waals surface area contributed by atoms with Crippen LogP contribution in [0.5, 0.6) is 0 Å². The van der Waals surface area contributed by atoms with Crippen LogP contribution in [0, 0.1) is 0 Å². The van der Waals surface area contributed by atoms with E-state index in [1.165, 1.54) is 6.92 Å². The summed E-state index contributed by atoms with van der Waals surface area (Å²) in [6.45, 7) is 3.94. The van der Waals surface area contributed by atoms with Crippen molar-refractivity contribution in [1.82, 2.24) is 0 Å². The molecule has 4 nitrogen and oxygen atoms in total. The molecule has 0 N–H and O–H groups in total. The maximum absolute atomic E-state index is 10.9. The third kappa shape index (κ3) is 2.82. The number of rotatable bonds is 4. The predicted octanol–water partition coefficient (Wildman–Crippen LogP) is -0.379. The topological polar surface area (TPSA) is 74.3 Å². The van der Waals surface area contributed by atoms with Crippen LogP contribution in [-0.4, -0.2) is 17.5 Å². The Labute approximate surface area is 76.2 Å². The largest absolute Gasteiger partial charge is 0.545 e. The van der Waals surface area contributed by atoms with E-state index in [1.807, 2.05) is 0 Å². The summed E-state index contributed by atoms with van der Waals surface area (Å²) in [5.74, 6) is -2.64. The normalized spacial score (nSPS) is 11.9. The van der Waals surface area contributed by atoms with Gasteiger partial charge in [0.2, 0.25) is 0 Å². The average molecular weight is 183 g/mol. The van der Waals surface area contributed by atoms with Crippen molar-refractivity contribution >= 4 is 17.5 Å². The fourth-order valence-corrected chi connectivity index (χ4v) is 1.08. The number of carboxylic acid groups (broad SMARTS) is 1. The second-order valence-corrected chi connectivity index (χ2v) is 2.61. The minimum Gasteiger partial charge on any atom is -0.545 e. The second-order valence-electron chi connectivity index (χ2n) is 2.61. The van der Waals surface area contributed by atoms with Gasteiger partial charge in [-0.25, -0.2) is 0 Å². The molecule has 0 aliphatic rings. The molecule has 0 amide bonds. The van der Waals surface area contributed by atoms with E-state index in [0.29, 0.717) is 0 Å². The number of carbonyl (C=O) groups excluding carboxylic acids is 3. The number of hydrogen-bond acceptors (Lipinski definition) is 4. The van der Waals surface area contributed by atoms with Crippen LogP contribution in [0.4, 0.5) is 0 Å². The van der Waals surface area contributed by atoms with Gasteiger partial charge in [-0.3, -0.25) is 9.59 Å². The number of allylic oxidation sites excluding steroid dienone is 1. The summed E-state index contributed by atoms with van der Waals surface area (Å²) in [4.78, 5) is 32.3. The molecule has 0 rings (SSSR count). The lowest BCUT2D eigenvalue weighted by atomic mass is 10.00. The van der Waals surface area contributed by atoms with Gasteiger partial charge in [0.05, 0.1) is 5.97 Å². The Morgan fingerprint density at radius 1 is 1.08 bits per heavy atom. The maximum atomic E-state index is 10.9. The predicted molar refractivity (Wildman–Crippen MR) is 43.7 cm³/mol. The third-order valence-corrected chi connectivity index (χ3v) is 1.64. The zero-order valence-corrected chi connectivity index (χ0v) is 7.84. The molecule has 0 spiro atoms. The number of carbonyl (C=O) groups is 3. The van der Waals surface area contributed by atoms with Gasteiger partial charge in [-0.1, -0.05) is 6.92 Å². The highest BCUT2D eigenvalue weighted by molar-refractivity contribution is 6.20. The number of ketones is 2. The fraction of sp³-hybridized carbons (Fsp3) is 0.444. The van der Waals surface area contributed by atoms with Crippen LogP contribution in [0.3, 0.4) is 0 Å². The second kappa shape index (κ2) is 4.54. The van der Waals surface area contributed by atoms with Crippen molar-refractivity contribution in [3.63, 3.8) is 0 Å². The summed E-state index contributed by atoms with van der Waals surface area (Å²) in [5, 5.41) is 10.5. The van der Waals surface area contributed by atoms with Gasteiger partial charge in [0.25, 0.3) is 0 Å². The van der Waals surface area contributed by atoms with E-state index in [0.717, 1.165) is 6.92 Å². The molecule has 0 aromatic heterocycles. The van der Waals surface area contributed by atoms with Crippen molar-refractivity contribution in [2.24, 2.45) is 0 Å².